The Kier molecular flexibility index (Phi) is 4.34. The van der Waals surface area contributed by atoms with Gasteiger partial charge >= 0.3 is 5.97 Å². The van der Waals surface area contributed by atoms with Gasteiger partial charge in [-0.2, -0.15) is 0 Å². The van der Waals surface area contributed by atoms with Gasteiger partial charge in [-0.1, -0.05) is 24.3 Å². The Morgan fingerprint density at radius 2 is 2.00 bits per heavy atom. The third-order valence-electron chi connectivity index (χ3n) is 3.36. The summed E-state index contributed by atoms with van der Waals surface area (Å²) < 4.78 is 0. The average Bonchev–Trinajstić information content (AvgIpc) is 3.07. The molecule has 23 heavy (non-hydrogen) atoms. The lowest BCUT2D eigenvalue weighted by atomic mass is 10.1. The monoisotopic (exact) mass is 326 g/mol. The molecule has 3 rings (SSSR count). The number of aliphatic carboxylic acids is 1. The Labute approximate surface area is 136 Å². The largest absolute Gasteiger partial charge is 0.481 e. The molecule has 0 aliphatic carbocycles. The predicted octanol–water partition coefficient (Wildman–Crippen LogP) is 3.17. The number of hydrogen-bond donors (Lipinski definition) is 2. The molecule has 3 aromatic rings. The molecule has 0 saturated carbocycles. The number of benzene rings is 1. The molecule has 1 amide bonds. The van der Waals surface area contributed by atoms with Crippen molar-refractivity contribution in [2.24, 2.45) is 0 Å². The number of hydrogen-bond acceptors (Lipinski definition) is 4. The van der Waals surface area contributed by atoms with Crippen LogP contribution in [0.3, 0.4) is 0 Å². The lowest BCUT2D eigenvalue weighted by molar-refractivity contribution is -0.136. The molecule has 0 radical (unpaired) electrons. The second kappa shape index (κ2) is 6.58. The maximum atomic E-state index is 12.4. The van der Waals surface area contributed by atoms with Crippen LogP contribution in [0.15, 0.2) is 47.8 Å². The zero-order valence-corrected chi connectivity index (χ0v) is 13.0. The first-order valence-electron chi connectivity index (χ1n) is 7.09. The minimum atomic E-state index is -0.941. The number of rotatable bonds is 5. The SMILES string of the molecule is O=C(O)CCNC(=O)c1cc(-c2cccs2)nc2ccccc12. The van der Waals surface area contributed by atoms with Gasteiger partial charge in [-0.25, -0.2) is 4.98 Å². The lowest BCUT2D eigenvalue weighted by Crippen LogP contribution is -2.26. The number of nitrogens with zero attached hydrogens (tertiary/aromatic N) is 1. The molecule has 5 nitrogen and oxygen atoms in total. The van der Waals surface area contributed by atoms with E-state index in [0.717, 1.165) is 21.5 Å². The van der Waals surface area contributed by atoms with E-state index in [1.54, 1.807) is 17.4 Å². The van der Waals surface area contributed by atoms with Crippen molar-refractivity contribution in [2.75, 3.05) is 6.54 Å². The average molecular weight is 326 g/mol. The maximum absolute atomic E-state index is 12.4. The summed E-state index contributed by atoms with van der Waals surface area (Å²) in [4.78, 5) is 28.6. The van der Waals surface area contributed by atoms with E-state index >= 15 is 0 Å². The Hall–Kier alpha value is -2.73. The van der Waals surface area contributed by atoms with Gasteiger partial charge in [-0.3, -0.25) is 9.59 Å². The molecular weight excluding hydrogens is 312 g/mol. The molecule has 0 fully saturated rings. The fourth-order valence-electron chi connectivity index (χ4n) is 2.29. The summed E-state index contributed by atoms with van der Waals surface area (Å²) in [5, 5.41) is 14.0. The second-order valence-electron chi connectivity index (χ2n) is 4.95. The highest BCUT2D eigenvalue weighted by Gasteiger charge is 2.14. The van der Waals surface area contributed by atoms with Crippen LogP contribution >= 0.6 is 11.3 Å². The van der Waals surface area contributed by atoms with E-state index in [1.165, 1.54) is 0 Å². The zero-order chi connectivity index (χ0) is 16.2. The number of fused-ring (bicyclic) bond motifs is 1. The van der Waals surface area contributed by atoms with Crippen molar-refractivity contribution in [1.82, 2.24) is 10.3 Å². The molecule has 0 saturated heterocycles. The molecule has 116 valence electrons. The van der Waals surface area contributed by atoms with Gasteiger partial charge < -0.3 is 10.4 Å². The maximum Gasteiger partial charge on any atom is 0.305 e. The van der Waals surface area contributed by atoms with Gasteiger partial charge in [0, 0.05) is 11.9 Å². The molecule has 2 aromatic heterocycles. The standard InChI is InChI=1S/C17H14N2O3S/c20-16(21)7-8-18-17(22)12-10-14(15-6-3-9-23-15)19-13-5-2-1-4-11(12)13/h1-6,9-10H,7-8H2,(H,18,22)(H,20,21). The van der Waals surface area contributed by atoms with Crippen LogP contribution in [-0.2, 0) is 4.79 Å². The minimum Gasteiger partial charge on any atom is -0.481 e. The summed E-state index contributed by atoms with van der Waals surface area (Å²) in [6, 6.07) is 13.1. The van der Waals surface area contributed by atoms with Crippen molar-refractivity contribution in [3.63, 3.8) is 0 Å². The van der Waals surface area contributed by atoms with Gasteiger partial charge in [0.25, 0.3) is 5.91 Å². The molecule has 0 aliphatic rings. The Balaban J connectivity index is 2.00. The summed E-state index contributed by atoms with van der Waals surface area (Å²) >= 11 is 1.55. The van der Waals surface area contributed by atoms with Gasteiger partial charge in [0.05, 0.1) is 28.1 Å². The molecule has 2 heterocycles. The minimum absolute atomic E-state index is 0.0964. The fourth-order valence-corrected chi connectivity index (χ4v) is 2.98. The number of carboxylic acid groups (broad SMARTS) is 1. The fraction of sp³-hybridized carbons (Fsp3) is 0.118. The van der Waals surface area contributed by atoms with Crippen LogP contribution in [0.4, 0.5) is 0 Å². The number of carbonyl (C=O) groups excluding carboxylic acids is 1. The van der Waals surface area contributed by atoms with Crippen molar-refractivity contribution >= 4 is 34.1 Å². The third-order valence-corrected chi connectivity index (χ3v) is 4.25. The first-order chi connectivity index (χ1) is 11.1. The van der Waals surface area contributed by atoms with Crippen LogP contribution in [0, 0.1) is 0 Å². The molecule has 0 atom stereocenters. The summed E-state index contributed by atoms with van der Waals surface area (Å²) in [6.07, 6.45) is -0.105. The van der Waals surface area contributed by atoms with Crippen LogP contribution in [0.5, 0.6) is 0 Å². The van der Waals surface area contributed by atoms with E-state index in [9.17, 15) is 9.59 Å². The van der Waals surface area contributed by atoms with Crippen LogP contribution in [0.2, 0.25) is 0 Å². The van der Waals surface area contributed by atoms with E-state index < -0.39 is 5.97 Å². The van der Waals surface area contributed by atoms with E-state index in [4.69, 9.17) is 5.11 Å². The highest BCUT2D eigenvalue weighted by molar-refractivity contribution is 7.13. The Bertz CT molecular complexity index is 859. The summed E-state index contributed by atoms with van der Waals surface area (Å²) in [5.74, 6) is -1.23. The Morgan fingerprint density at radius 1 is 1.17 bits per heavy atom. The molecular formula is C17H14N2O3S. The van der Waals surface area contributed by atoms with Crippen LogP contribution in [0.25, 0.3) is 21.5 Å². The molecule has 0 aliphatic heterocycles. The number of nitrogens with one attached hydrogen (secondary N) is 1. The second-order valence-corrected chi connectivity index (χ2v) is 5.90. The number of aromatic nitrogens is 1. The predicted molar refractivity (Wildman–Crippen MR) is 89.6 cm³/mol. The first-order valence-corrected chi connectivity index (χ1v) is 7.97. The van der Waals surface area contributed by atoms with Crippen molar-refractivity contribution in [3.05, 3.63) is 53.4 Å². The van der Waals surface area contributed by atoms with Gasteiger partial charge in [-0.05, 0) is 23.6 Å². The normalized spacial score (nSPS) is 10.6. The first kappa shape index (κ1) is 15.2. The van der Waals surface area contributed by atoms with Gasteiger partial charge in [0.2, 0.25) is 0 Å². The summed E-state index contributed by atoms with van der Waals surface area (Å²) in [6.45, 7) is 0.0964. The van der Waals surface area contributed by atoms with Crippen LogP contribution in [0.1, 0.15) is 16.8 Å². The van der Waals surface area contributed by atoms with Crippen LogP contribution in [-0.4, -0.2) is 28.5 Å². The number of para-hydroxylation sites is 1. The summed E-state index contributed by atoms with van der Waals surface area (Å²) in [5.41, 5.74) is 1.98. The number of carboxylic acids is 1. The van der Waals surface area contributed by atoms with Crippen molar-refractivity contribution in [3.8, 4) is 10.6 Å². The molecule has 0 unspecified atom stereocenters. The number of thiophene rings is 1. The molecule has 1 aromatic carbocycles. The summed E-state index contributed by atoms with van der Waals surface area (Å²) in [7, 11) is 0. The molecule has 6 heteroatoms. The van der Waals surface area contributed by atoms with Gasteiger partial charge in [0.1, 0.15) is 0 Å². The highest BCUT2D eigenvalue weighted by Crippen LogP contribution is 2.27. The van der Waals surface area contributed by atoms with E-state index in [0.29, 0.717) is 5.56 Å². The number of amides is 1. The number of carbonyl (C=O) groups is 2. The van der Waals surface area contributed by atoms with Gasteiger partial charge in [0.15, 0.2) is 0 Å². The van der Waals surface area contributed by atoms with Crippen molar-refractivity contribution in [1.29, 1.82) is 0 Å². The third kappa shape index (κ3) is 3.37. The van der Waals surface area contributed by atoms with E-state index in [1.807, 2.05) is 41.8 Å². The van der Waals surface area contributed by atoms with Crippen molar-refractivity contribution < 1.29 is 14.7 Å². The number of pyridine rings is 1. The quantitative estimate of drug-likeness (QED) is 0.755. The molecule has 0 spiro atoms. The molecule has 0 bridgehead atoms. The van der Waals surface area contributed by atoms with E-state index in [2.05, 4.69) is 10.3 Å². The topological polar surface area (TPSA) is 79.3 Å². The van der Waals surface area contributed by atoms with Crippen molar-refractivity contribution in [2.45, 2.75) is 6.42 Å². The zero-order valence-electron chi connectivity index (χ0n) is 12.2. The smallest absolute Gasteiger partial charge is 0.305 e. The lowest BCUT2D eigenvalue weighted by Gasteiger charge is -2.09. The highest BCUT2D eigenvalue weighted by atomic mass is 32.1. The Morgan fingerprint density at radius 3 is 2.74 bits per heavy atom. The molecule has 2 N–H and O–H groups in total. The van der Waals surface area contributed by atoms with Crippen LogP contribution < -0.4 is 5.32 Å². The van der Waals surface area contributed by atoms with E-state index in [-0.39, 0.29) is 18.9 Å². The van der Waals surface area contributed by atoms with Gasteiger partial charge in [-0.15, -0.1) is 11.3 Å².